The van der Waals surface area contributed by atoms with Crippen LogP contribution in [-0.4, -0.2) is 84.8 Å². The van der Waals surface area contributed by atoms with Gasteiger partial charge < -0.3 is 15.0 Å². The number of rotatable bonds is 4. The first kappa shape index (κ1) is 23.3. The number of piperidine rings is 1. The van der Waals surface area contributed by atoms with Gasteiger partial charge in [0.2, 0.25) is 0 Å². The molecule has 0 aromatic carbocycles. The minimum absolute atomic E-state index is 0. The van der Waals surface area contributed by atoms with E-state index in [4.69, 9.17) is 4.74 Å². The minimum atomic E-state index is 0. The molecule has 2 aliphatic heterocycles. The Morgan fingerprint density at radius 3 is 2.44 bits per heavy atom. The predicted molar refractivity (Wildman–Crippen MR) is 121 cm³/mol. The first-order valence-electron chi connectivity index (χ1n) is 9.15. The van der Waals surface area contributed by atoms with Crippen LogP contribution in [0.2, 0.25) is 0 Å². The third kappa shape index (κ3) is 6.74. The quantitative estimate of drug-likeness (QED) is 0.378. The summed E-state index contributed by atoms with van der Waals surface area (Å²) in [6.07, 6.45) is 2.70. The van der Waals surface area contributed by atoms with E-state index in [9.17, 15) is 0 Å². The summed E-state index contributed by atoms with van der Waals surface area (Å²) in [6, 6.07) is 0. The van der Waals surface area contributed by atoms with Crippen LogP contribution >= 0.6 is 35.7 Å². The van der Waals surface area contributed by atoms with Gasteiger partial charge in [0.25, 0.3) is 0 Å². The molecule has 0 bridgehead atoms. The lowest BCUT2D eigenvalue weighted by molar-refractivity contribution is 0.00765. The van der Waals surface area contributed by atoms with E-state index in [1.165, 1.54) is 5.75 Å². The van der Waals surface area contributed by atoms with Gasteiger partial charge in [-0.15, -0.1) is 24.0 Å². The highest BCUT2D eigenvalue weighted by molar-refractivity contribution is 14.0. The van der Waals surface area contributed by atoms with Crippen LogP contribution in [0.25, 0.3) is 0 Å². The molecule has 2 rings (SSSR count). The molecule has 5 nitrogen and oxygen atoms in total. The average Bonchev–Trinajstić information content (AvgIpc) is 2.54. The second-order valence-electron chi connectivity index (χ2n) is 8.17. The number of guanidine groups is 1. The summed E-state index contributed by atoms with van der Waals surface area (Å²) >= 11 is 2.06. The Kier molecular flexibility index (Phi) is 9.31. The van der Waals surface area contributed by atoms with E-state index in [1.54, 1.807) is 0 Å². The Hall–Kier alpha value is 0.270. The zero-order chi connectivity index (χ0) is 17.8. The first-order chi connectivity index (χ1) is 11.3. The van der Waals surface area contributed by atoms with Crippen molar-refractivity contribution in [2.75, 3.05) is 52.6 Å². The van der Waals surface area contributed by atoms with Gasteiger partial charge in [0, 0.05) is 62.9 Å². The molecular weight excluding hydrogens is 447 g/mol. The highest BCUT2D eigenvalue weighted by atomic mass is 127. The fourth-order valence-electron chi connectivity index (χ4n) is 3.63. The Morgan fingerprint density at radius 2 is 1.92 bits per heavy atom. The standard InChI is InChI=1S/C18H36N4OS.HI/c1-17(2,22-9-7-15(23-6)8-10-22)13-20-16(19-5)21-11-12-24-18(3,4)14-21;/h15H,7-14H2,1-6H3,(H,19,20);1H. The number of ether oxygens (including phenoxy) is 1. The summed E-state index contributed by atoms with van der Waals surface area (Å²) in [6.45, 7) is 14.6. The van der Waals surface area contributed by atoms with Crippen LogP contribution in [0.4, 0.5) is 0 Å². The number of halogens is 1. The van der Waals surface area contributed by atoms with Crippen molar-refractivity contribution >= 4 is 41.7 Å². The molecule has 0 aromatic heterocycles. The van der Waals surface area contributed by atoms with Crippen molar-refractivity contribution in [2.24, 2.45) is 4.99 Å². The summed E-state index contributed by atoms with van der Waals surface area (Å²) in [7, 11) is 3.73. The molecule has 0 saturated carbocycles. The van der Waals surface area contributed by atoms with Crippen molar-refractivity contribution in [2.45, 2.75) is 56.9 Å². The van der Waals surface area contributed by atoms with E-state index in [0.29, 0.717) is 10.9 Å². The molecule has 0 atom stereocenters. The van der Waals surface area contributed by atoms with E-state index in [-0.39, 0.29) is 29.5 Å². The van der Waals surface area contributed by atoms with Crippen molar-refractivity contribution < 1.29 is 4.74 Å². The monoisotopic (exact) mass is 484 g/mol. The van der Waals surface area contributed by atoms with Crippen LogP contribution in [0.15, 0.2) is 4.99 Å². The van der Waals surface area contributed by atoms with E-state index < -0.39 is 0 Å². The molecule has 0 amide bonds. The Balaban J connectivity index is 0.00000312. The highest BCUT2D eigenvalue weighted by Gasteiger charge is 2.32. The second-order valence-corrected chi connectivity index (χ2v) is 9.97. The van der Waals surface area contributed by atoms with Crippen molar-refractivity contribution in [3.8, 4) is 0 Å². The van der Waals surface area contributed by atoms with Crippen LogP contribution in [-0.2, 0) is 4.74 Å². The molecule has 0 aliphatic carbocycles. The number of hydrogen-bond acceptors (Lipinski definition) is 4. The lowest BCUT2D eigenvalue weighted by atomic mass is 9.97. The topological polar surface area (TPSA) is 40.1 Å². The van der Waals surface area contributed by atoms with Gasteiger partial charge in [-0.05, 0) is 40.5 Å². The largest absolute Gasteiger partial charge is 0.381 e. The Bertz CT molecular complexity index is 437. The van der Waals surface area contributed by atoms with Gasteiger partial charge in [0.05, 0.1) is 6.10 Å². The van der Waals surface area contributed by atoms with E-state index in [0.717, 1.165) is 51.5 Å². The molecule has 0 unspecified atom stereocenters. The van der Waals surface area contributed by atoms with Gasteiger partial charge in [0.15, 0.2) is 5.96 Å². The first-order valence-corrected chi connectivity index (χ1v) is 10.1. The molecular formula is C18H37IN4OS. The fraction of sp³-hybridized carbons (Fsp3) is 0.944. The zero-order valence-corrected chi connectivity index (χ0v) is 19.9. The molecule has 1 N–H and O–H groups in total. The fourth-order valence-corrected chi connectivity index (χ4v) is 4.74. The number of hydrogen-bond donors (Lipinski definition) is 1. The van der Waals surface area contributed by atoms with Crippen LogP contribution in [0.3, 0.4) is 0 Å². The third-order valence-corrected chi connectivity index (χ3v) is 6.54. The molecule has 2 saturated heterocycles. The summed E-state index contributed by atoms with van der Waals surface area (Å²) < 4.78 is 5.80. The van der Waals surface area contributed by atoms with Crippen LogP contribution in [0.5, 0.6) is 0 Å². The molecule has 25 heavy (non-hydrogen) atoms. The molecule has 0 aromatic rings. The summed E-state index contributed by atoms with van der Waals surface area (Å²) in [5.74, 6) is 2.21. The van der Waals surface area contributed by atoms with Crippen LogP contribution < -0.4 is 5.32 Å². The van der Waals surface area contributed by atoms with Gasteiger partial charge in [-0.2, -0.15) is 11.8 Å². The SMILES string of the molecule is CN=C(NCC(C)(C)N1CCC(OC)CC1)N1CCSC(C)(C)C1.I. The van der Waals surface area contributed by atoms with Gasteiger partial charge >= 0.3 is 0 Å². The van der Waals surface area contributed by atoms with Gasteiger partial charge in [-0.3, -0.25) is 9.89 Å². The van der Waals surface area contributed by atoms with Crippen molar-refractivity contribution in [1.82, 2.24) is 15.1 Å². The lowest BCUT2D eigenvalue weighted by Crippen LogP contribution is -2.58. The maximum atomic E-state index is 5.50. The van der Waals surface area contributed by atoms with Gasteiger partial charge in [-0.1, -0.05) is 0 Å². The molecule has 7 heteroatoms. The Morgan fingerprint density at radius 1 is 1.28 bits per heavy atom. The van der Waals surface area contributed by atoms with Crippen molar-refractivity contribution in [3.05, 3.63) is 0 Å². The summed E-state index contributed by atoms with van der Waals surface area (Å²) in [5, 5.41) is 3.63. The molecule has 2 aliphatic rings. The zero-order valence-electron chi connectivity index (χ0n) is 16.8. The highest BCUT2D eigenvalue weighted by Crippen LogP contribution is 2.29. The predicted octanol–water partition coefficient (Wildman–Crippen LogP) is 2.90. The number of nitrogens with zero attached hydrogens (tertiary/aromatic N) is 3. The maximum Gasteiger partial charge on any atom is 0.193 e. The summed E-state index contributed by atoms with van der Waals surface area (Å²) in [5.41, 5.74) is 0.120. The number of thioether (sulfide) groups is 1. The van der Waals surface area contributed by atoms with Gasteiger partial charge in [0.1, 0.15) is 0 Å². The van der Waals surface area contributed by atoms with Crippen molar-refractivity contribution in [1.29, 1.82) is 0 Å². The molecule has 148 valence electrons. The second kappa shape index (κ2) is 9.99. The van der Waals surface area contributed by atoms with E-state index >= 15 is 0 Å². The minimum Gasteiger partial charge on any atom is -0.381 e. The van der Waals surface area contributed by atoms with E-state index in [1.807, 2.05) is 14.2 Å². The maximum absolute atomic E-state index is 5.50. The lowest BCUT2D eigenvalue weighted by Gasteiger charge is -2.44. The average molecular weight is 484 g/mol. The normalized spacial score (nSPS) is 23.3. The van der Waals surface area contributed by atoms with Crippen molar-refractivity contribution in [3.63, 3.8) is 0 Å². The number of likely N-dealkylation sites (tertiary alicyclic amines) is 1. The molecule has 2 heterocycles. The molecule has 0 spiro atoms. The van der Waals surface area contributed by atoms with Crippen LogP contribution in [0.1, 0.15) is 40.5 Å². The van der Waals surface area contributed by atoms with Crippen LogP contribution in [0, 0.1) is 0 Å². The number of aliphatic imine (C=N–C) groups is 1. The molecule has 2 fully saturated rings. The molecule has 0 radical (unpaired) electrons. The summed E-state index contributed by atoms with van der Waals surface area (Å²) in [4.78, 5) is 9.52. The smallest absolute Gasteiger partial charge is 0.193 e. The Labute approximate surface area is 175 Å². The number of methoxy groups -OCH3 is 1. The van der Waals surface area contributed by atoms with E-state index in [2.05, 4.69) is 59.6 Å². The number of nitrogens with one attached hydrogen (secondary N) is 1. The third-order valence-electron chi connectivity index (χ3n) is 5.25. The van der Waals surface area contributed by atoms with Gasteiger partial charge in [-0.25, -0.2) is 0 Å².